The van der Waals surface area contributed by atoms with Crippen LogP contribution in [0.4, 0.5) is 5.82 Å². The number of hydrogen-bond acceptors (Lipinski definition) is 3. The lowest BCUT2D eigenvalue weighted by molar-refractivity contribution is -0.117. The van der Waals surface area contributed by atoms with E-state index in [0.717, 1.165) is 17.2 Å². The quantitative estimate of drug-likeness (QED) is 0.786. The number of carbonyl (C=O) groups excluding carboxylic acids is 1. The first-order valence-corrected chi connectivity index (χ1v) is 6.48. The van der Waals surface area contributed by atoms with E-state index in [9.17, 15) is 4.79 Å². The minimum absolute atomic E-state index is 0.0376. The molecule has 0 bridgehead atoms. The smallest absolute Gasteiger partial charge is 0.229 e. The third kappa shape index (κ3) is 2.21. The van der Waals surface area contributed by atoms with Crippen LogP contribution in [0.1, 0.15) is 6.42 Å². The van der Waals surface area contributed by atoms with Crippen LogP contribution >= 0.6 is 11.6 Å². The Kier molecular flexibility index (Phi) is 2.98. The largest absolute Gasteiger partial charge is 0.295 e. The molecule has 1 aliphatic rings. The zero-order valence-electron chi connectivity index (χ0n) is 10.5. The Balaban J connectivity index is 1.96. The second-order valence-electron chi connectivity index (χ2n) is 4.53. The molecule has 0 spiro atoms. The van der Waals surface area contributed by atoms with Gasteiger partial charge in [-0.2, -0.15) is 5.10 Å². The van der Waals surface area contributed by atoms with Crippen LogP contribution in [-0.2, 0) is 11.8 Å². The van der Waals surface area contributed by atoms with Crippen LogP contribution < -0.4 is 4.90 Å². The molecule has 0 aliphatic carbocycles. The first-order valence-electron chi connectivity index (χ1n) is 6.05. The van der Waals surface area contributed by atoms with Crippen molar-refractivity contribution in [3.05, 3.63) is 30.5 Å². The average molecular weight is 277 g/mol. The van der Waals surface area contributed by atoms with E-state index in [1.807, 2.05) is 31.3 Å². The third-order valence-corrected chi connectivity index (χ3v) is 3.43. The number of aryl methyl sites for hydroxylation is 1. The number of pyridine rings is 1. The number of hydrogen-bond donors (Lipinski definition) is 0. The van der Waals surface area contributed by atoms with Gasteiger partial charge in [0.25, 0.3) is 0 Å². The standard InChI is InChI=1S/C13H13ClN4O/c1-17-12(18-8-9(14)6-13(18)19)7-11(16-17)10-4-2-3-5-15-10/h2-5,7,9H,6,8H2,1H3. The monoisotopic (exact) mass is 276 g/mol. The molecule has 98 valence electrons. The third-order valence-electron chi connectivity index (χ3n) is 3.14. The molecule has 1 amide bonds. The second-order valence-corrected chi connectivity index (χ2v) is 5.15. The Morgan fingerprint density at radius 3 is 2.84 bits per heavy atom. The second kappa shape index (κ2) is 4.66. The van der Waals surface area contributed by atoms with E-state index in [4.69, 9.17) is 11.6 Å². The van der Waals surface area contributed by atoms with Crippen LogP contribution in [-0.4, -0.2) is 32.6 Å². The number of amides is 1. The lowest BCUT2D eigenvalue weighted by Gasteiger charge is -2.14. The van der Waals surface area contributed by atoms with Crippen molar-refractivity contribution in [3.8, 4) is 11.4 Å². The Labute approximate surface area is 115 Å². The summed E-state index contributed by atoms with van der Waals surface area (Å²) in [4.78, 5) is 17.8. The van der Waals surface area contributed by atoms with Gasteiger partial charge in [0.2, 0.25) is 5.91 Å². The normalized spacial score (nSPS) is 19.2. The molecule has 3 rings (SSSR count). The van der Waals surface area contributed by atoms with Gasteiger partial charge in [0.15, 0.2) is 0 Å². The molecule has 0 saturated carbocycles. The van der Waals surface area contributed by atoms with E-state index >= 15 is 0 Å². The van der Waals surface area contributed by atoms with Crippen molar-refractivity contribution in [2.45, 2.75) is 11.8 Å². The number of nitrogens with zero attached hydrogens (tertiary/aromatic N) is 4. The number of carbonyl (C=O) groups is 1. The summed E-state index contributed by atoms with van der Waals surface area (Å²) in [5.74, 6) is 0.796. The van der Waals surface area contributed by atoms with Gasteiger partial charge in [0.05, 0.1) is 11.1 Å². The van der Waals surface area contributed by atoms with E-state index < -0.39 is 0 Å². The average Bonchev–Trinajstić information content (AvgIpc) is 2.93. The molecule has 1 atom stereocenters. The van der Waals surface area contributed by atoms with Crippen LogP contribution in [0.25, 0.3) is 11.4 Å². The van der Waals surface area contributed by atoms with Crippen LogP contribution in [0.3, 0.4) is 0 Å². The number of rotatable bonds is 2. The summed E-state index contributed by atoms with van der Waals surface area (Å²) in [5, 5.41) is 4.28. The highest BCUT2D eigenvalue weighted by Gasteiger charge is 2.31. The van der Waals surface area contributed by atoms with Crippen molar-refractivity contribution in [1.82, 2.24) is 14.8 Å². The molecule has 2 aromatic heterocycles. The van der Waals surface area contributed by atoms with Crippen molar-refractivity contribution in [2.24, 2.45) is 7.05 Å². The van der Waals surface area contributed by atoms with Crippen molar-refractivity contribution in [2.75, 3.05) is 11.4 Å². The fourth-order valence-electron chi connectivity index (χ4n) is 2.23. The van der Waals surface area contributed by atoms with Gasteiger partial charge < -0.3 is 0 Å². The minimum atomic E-state index is -0.124. The van der Waals surface area contributed by atoms with Gasteiger partial charge in [0.1, 0.15) is 11.5 Å². The maximum Gasteiger partial charge on any atom is 0.229 e. The molecule has 1 fully saturated rings. The van der Waals surface area contributed by atoms with E-state index in [-0.39, 0.29) is 11.3 Å². The SMILES string of the molecule is Cn1nc(-c2ccccn2)cc1N1CC(Cl)CC1=O. The summed E-state index contributed by atoms with van der Waals surface area (Å²) < 4.78 is 1.69. The molecule has 6 heteroatoms. The highest BCUT2D eigenvalue weighted by Crippen LogP contribution is 2.27. The number of alkyl halides is 1. The van der Waals surface area contributed by atoms with Gasteiger partial charge >= 0.3 is 0 Å². The van der Waals surface area contributed by atoms with Crippen molar-refractivity contribution >= 4 is 23.3 Å². The van der Waals surface area contributed by atoms with E-state index in [2.05, 4.69) is 10.1 Å². The molecular formula is C13H13ClN4O. The minimum Gasteiger partial charge on any atom is -0.295 e. The fraction of sp³-hybridized carbons (Fsp3) is 0.308. The predicted octanol–water partition coefficient (Wildman–Crippen LogP) is 1.83. The summed E-state index contributed by atoms with van der Waals surface area (Å²) in [5.41, 5.74) is 1.54. The lowest BCUT2D eigenvalue weighted by atomic mass is 10.3. The molecule has 1 unspecified atom stereocenters. The molecule has 0 aromatic carbocycles. The van der Waals surface area contributed by atoms with Crippen molar-refractivity contribution in [3.63, 3.8) is 0 Å². The highest BCUT2D eigenvalue weighted by molar-refractivity contribution is 6.24. The van der Waals surface area contributed by atoms with Gasteiger partial charge in [-0.3, -0.25) is 19.4 Å². The van der Waals surface area contributed by atoms with Gasteiger partial charge in [-0.05, 0) is 12.1 Å². The topological polar surface area (TPSA) is 51.0 Å². The lowest BCUT2D eigenvalue weighted by Crippen LogP contribution is -2.26. The molecule has 5 nitrogen and oxygen atoms in total. The molecule has 1 saturated heterocycles. The highest BCUT2D eigenvalue weighted by atomic mass is 35.5. The Hall–Kier alpha value is -1.88. The molecule has 3 heterocycles. The molecule has 2 aromatic rings. The van der Waals surface area contributed by atoms with Crippen LogP contribution in [0.2, 0.25) is 0 Å². The summed E-state index contributed by atoms with van der Waals surface area (Å²) >= 11 is 6.02. The van der Waals surface area contributed by atoms with Gasteiger partial charge in [0, 0.05) is 32.3 Å². The number of anilines is 1. The van der Waals surface area contributed by atoms with E-state index in [1.54, 1.807) is 15.8 Å². The molecule has 19 heavy (non-hydrogen) atoms. The van der Waals surface area contributed by atoms with Crippen molar-refractivity contribution in [1.29, 1.82) is 0 Å². The summed E-state index contributed by atoms with van der Waals surface area (Å²) in [7, 11) is 1.82. The van der Waals surface area contributed by atoms with Crippen LogP contribution in [0.15, 0.2) is 30.5 Å². The number of aromatic nitrogens is 3. The van der Waals surface area contributed by atoms with Crippen molar-refractivity contribution < 1.29 is 4.79 Å². The maximum absolute atomic E-state index is 11.9. The zero-order valence-corrected chi connectivity index (χ0v) is 11.2. The first-order chi connectivity index (χ1) is 9.15. The Morgan fingerprint density at radius 2 is 2.21 bits per heavy atom. The molecule has 1 aliphatic heterocycles. The van der Waals surface area contributed by atoms with Gasteiger partial charge in [-0.1, -0.05) is 6.07 Å². The van der Waals surface area contributed by atoms with Gasteiger partial charge in [-0.15, -0.1) is 11.6 Å². The van der Waals surface area contributed by atoms with Gasteiger partial charge in [-0.25, -0.2) is 0 Å². The zero-order chi connectivity index (χ0) is 13.4. The van der Waals surface area contributed by atoms with Crippen LogP contribution in [0.5, 0.6) is 0 Å². The fourth-order valence-corrected chi connectivity index (χ4v) is 2.50. The summed E-state index contributed by atoms with van der Waals surface area (Å²) in [6.45, 7) is 0.529. The van der Waals surface area contributed by atoms with E-state index in [0.29, 0.717) is 13.0 Å². The van der Waals surface area contributed by atoms with E-state index in [1.165, 1.54) is 0 Å². The first kappa shape index (κ1) is 12.2. The number of halogens is 1. The molecule has 0 N–H and O–H groups in total. The summed E-state index contributed by atoms with van der Waals surface area (Å²) in [6.07, 6.45) is 2.10. The van der Waals surface area contributed by atoms with Crippen LogP contribution in [0, 0.1) is 0 Å². The molecule has 0 radical (unpaired) electrons. The summed E-state index contributed by atoms with van der Waals surface area (Å²) in [6, 6.07) is 7.53. The maximum atomic E-state index is 11.9. The Morgan fingerprint density at radius 1 is 1.37 bits per heavy atom. The predicted molar refractivity (Wildman–Crippen MR) is 73.1 cm³/mol. The molecular weight excluding hydrogens is 264 g/mol. The Bertz CT molecular complexity index is 610.